The minimum Gasteiger partial charge on any atom is -0.350 e. The molecule has 0 unspecified atom stereocenters. The van der Waals surface area contributed by atoms with Crippen molar-refractivity contribution in [3.8, 4) is 11.1 Å². The maximum atomic E-state index is 6.03. The SMILES string of the molecule is Cc1nc(N[C@H]2CCN(Cc3ccc(Cl)cc3)C2)nc2ccc(-c3cccc4c3CCCC4)cc12. The summed E-state index contributed by atoms with van der Waals surface area (Å²) in [6.45, 7) is 5.10. The van der Waals surface area contributed by atoms with Gasteiger partial charge in [-0.2, -0.15) is 0 Å². The average molecular weight is 483 g/mol. The lowest BCUT2D eigenvalue weighted by Gasteiger charge is -2.20. The molecule has 178 valence electrons. The number of likely N-dealkylation sites (tertiary alicyclic amines) is 1. The summed E-state index contributed by atoms with van der Waals surface area (Å²) < 4.78 is 0. The van der Waals surface area contributed by atoms with Crippen LogP contribution in [0.25, 0.3) is 22.0 Å². The predicted octanol–water partition coefficient (Wildman–Crippen LogP) is 6.82. The Labute approximate surface area is 212 Å². The van der Waals surface area contributed by atoms with E-state index in [2.05, 4.69) is 65.7 Å². The Bertz CT molecular complexity index is 1370. The van der Waals surface area contributed by atoms with E-state index in [0.717, 1.165) is 53.6 Å². The lowest BCUT2D eigenvalue weighted by atomic mass is 9.86. The number of anilines is 1. The molecule has 0 radical (unpaired) electrons. The van der Waals surface area contributed by atoms with Gasteiger partial charge in [-0.1, -0.05) is 48.0 Å². The molecular weight excluding hydrogens is 452 g/mol. The highest BCUT2D eigenvalue weighted by atomic mass is 35.5. The van der Waals surface area contributed by atoms with Crippen molar-refractivity contribution in [3.63, 3.8) is 0 Å². The smallest absolute Gasteiger partial charge is 0.223 e. The zero-order chi connectivity index (χ0) is 23.8. The first-order valence-electron chi connectivity index (χ1n) is 12.8. The number of aromatic nitrogens is 2. The maximum Gasteiger partial charge on any atom is 0.223 e. The van der Waals surface area contributed by atoms with Gasteiger partial charge in [-0.05, 0) is 91.1 Å². The van der Waals surface area contributed by atoms with Crippen molar-refractivity contribution in [2.24, 2.45) is 0 Å². The van der Waals surface area contributed by atoms with Crippen molar-refractivity contribution < 1.29 is 0 Å². The van der Waals surface area contributed by atoms with Gasteiger partial charge in [-0.3, -0.25) is 4.90 Å². The fourth-order valence-corrected chi connectivity index (χ4v) is 5.82. The van der Waals surface area contributed by atoms with E-state index in [4.69, 9.17) is 21.6 Å². The number of aryl methyl sites for hydroxylation is 2. The molecule has 0 saturated carbocycles. The summed E-state index contributed by atoms with van der Waals surface area (Å²) in [4.78, 5) is 12.2. The second-order valence-electron chi connectivity index (χ2n) is 10.0. The standard InChI is InChI=1S/C30H31ClN4/c1-20-28-17-23(27-8-4-6-22-5-2-3-7-26(22)27)11-14-29(28)34-30(32-20)33-25-15-16-35(19-25)18-21-9-12-24(31)13-10-21/h4,6,8-14,17,25H,2-3,5,7,15-16,18-19H2,1H3,(H,32,33,34)/t25-/m0/s1. The van der Waals surface area contributed by atoms with Crippen LogP contribution in [0.15, 0.2) is 60.7 Å². The van der Waals surface area contributed by atoms with Crippen LogP contribution >= 0.6 is 11.6 Å². The van der Waals surface area contributed by atoms with Crippen LogP contribution in [0.1, 0.15) is 41.6 Å². The summed E-state index contributed by atoms with van der Waals surface area (Å²) in [6, 6.07) is 21.9. The van der Waals surface area contributed by atoms with Crippen LogP contribution in [0, 0.1) is 6.92 Å². The second kappa shape index (κ2) is 9.60. The molecule has 3 aromatic carbocycles. The van der Waals surface area contributed by atoms with Gasteiger partial charge in [0, 0.05) is 36.1 Å². The van der Waals surface area contributed by atoms with E-state index in [1.165, 1.54) is 53.5 Å². The molecule has 1 N–H and O–H groups in total. The molecule has 2 heterocycles. The number of nitrogens with zero attached hydrogens (tertiary/aromatic N) is 3. The minimum atomic E-state index is 0.356. The Kier molecular flexibility index (Phi) is 6.17. The molecule has 5 heteroatoms. The van der Waals surface area contributed by atoms with Crippen molar-refractivity contribution in [3.05, 3.63) is 88.1 Å². The van der Waals surface area contributed by atoms with Crippen molar-refractivity contribution in [1.29, 1.82) is 0 Å². The zero-order valence-electron chi connectivity index (χ0n) is 20.2. The molecule has 1 fully saturated rings. The topological polar surface area (TPSA) is 41.1 Å². The molecule has 1 aromatic heterocycles. The molecule has 4 nitrogen and oxygen atoms in total. The number of halogens is 1. The van der Waals surface area contributed by atoms with Crippen LogP contribution < -0.4 is 5.32 Å². The largest absolute Gasteiger partial charge is 0.350 e. The number of fused-ring (bicyclic) bond motifs is 2. The van der Waals surface area contributed by atoms with Crippen molar-refractivity contribution in [2.45, 2.75) is 51.6 Å². The Morgan fingerprint density at radius 1 is 1.00 bits per heavy atom. The highest BCUT2D eigenvalue weighted by Gasteiger charge is 2.23. The van der Waals surface area contributed by atoms with E-state index in [-0.39, 0.29) is 0 Å². The molecule has 1 atom stereocenters. The normalized spacial score (nSPS) is 18.1. The third kappa shape index (κ3) is 4.78. The molecule has 1 saturated heterocycles. The fraction of sp³-hybridized carbons (Fsp3) is 0.333. The molecule has 2 aliphatic rings. The zero-order valence-corrected chi connectivity index (χ0v) is 21.0. The monoisotopic (exact) mass is 482 g/mol. The number of nitrogens with one attached hydrogen (secondary N) is 1. The van der Waals surface area contributed by atoms with Gasteiger partial charge in [0.2, 0.25) is 5.95 Å². The number of rotatable bonds is 5. The second-order valence-corrected chi connectivity index (χ2v) is 10.4. The quantitative estimate of drug-likeness (QED) is 0.338. The van der Waals surface area contributed by atoms with Crippen molar-refractivity contribution >= 4 is 28.5 Å². The van der Waals surface area contributed by atoms with Crippen LogP contribution in [0.4, 0.5) is 5.95 Å². The summed E-state index contributed by atoms with van der Waals surface area (Å²) in [6.07, 6.45) is 6.06. The van der Waals surface area contributed by atoms with Crippen molar-refractivity contribution in [2.75, 3.05) is 18.4 Å². The van der Waals surface area contributed by atoms with E-state index in [1.54, 1.807) is 0 Å². The molecule has 35 heavy (non-hydrogen) atoms. The summed E-state index contributed by atoms with van der Waals surface area (Å²) in [5, 5.41) is 5.52. The van der Waals surface area contributed by atoms with E-state index >= 15 is 0 Å². The molecule has 1 aliphatic carbocycles. The third-order valence-corrected chi connectivity index (χ3v) is 7.77. The summed E-state index contributed by atoms with van der Waals surface area (Å²) in [5.74, 6) is 0.734. The molecular formula is C30H31ClN4. The maximum absolute atomic E-state index is 6.03. The van der Waals surface area contributed by atoms with Crippen LogP contribution in [-0.4, -0.2) is 34.0 Å². The fourth-order valence-electron chi connectivity index (χ4n) is 5.69. The molecule has 0 spiro atoms. The van der Waals surface area contributed by atoms with Crippen LogP contribution in [-0.2, 0) is 19.4 Å². The predicted molar refractivity (Wildman–Crippen MR) is 145 cm³/mol. The summed E-state index contributed by atoms with van der Waals surface area (Å²) in [5.41, 5.74) is 9.02. The van der Waals surface area contributed by atoms with Crippen molar-refractivity contribution in [1.82, 2.24) is 14.9 Å². The Hall–Kier alpha value is -2.95. The van der Waals surface area contributed by atoms with Gasteiger partial charge >= 0.3 is 0 Å². The number of hydrogen-bond donors (Lipinski definition) is 1. The van der Waals surface area contributed by atoms with Gasteiger partial charge in [-0.25, -0.2) is 9.97 Å². The first-order valence-corrected chi connectivity index (χ1v) is 13.1. The van der Waals surface area contributed by atoms with Gasteiger partial charge in [0.15, 0.2) is 0 Å². The minimum absolute atomic E-state index is 0.356. The van der Waals surface area contributed by atoms with E-state index < -0.39 is 0 Å². The van der Waals surface area contributed by atoms with Gasteiger partial charge in [0.05, 0.1) is 11.2 Å². The summed E-state index contributed by atoms with van der Waals surface area (Å²) in [7, 11) is 0. The Morgan fingerprint density at radius 2 is 1.86 bits per heavy atom. The van der Waals surface area contributed by atoms with Crippen LogP contribution in [0.2, 0.25) is 5.02 Å². The molecule has 0 amide bonds. The van der Waals surface area contributed by atoms with E-state index in [9.17, 15) is 0 Å². The molecule has 6 rings (SSSR count). The Morgan fingerprint density at radius 3 is 2.74 bits per heavy atom. The highest BCUT2D eigenvalue weighted by Crippen LogP contribution is 2.33. The molecule has 1 aliphatic heterocycles. The molecule has 0 bridgehead atoms. The first kappa shape index (κ1) is 22.5. The van der Waals surface area contributed by atoms with Gasteiger partial charge in [0.25, 0.3) is 0 Å². The van der Waals surface area contributed by atoms with Crippen LogP contribution in [0.5, 0.6) is 0 Å². The molecule has 4 aromatic rings. The van der Waals surface area contributed by atoms with E-state index in [1.807, 2.05) is 12.1 Å². The third-order valence-electron chi connectivity index (χ3n) is 7.52. The lowest BCUT2D eigenvalue weighted by molar-refractivity contribution is 0.328. The Balaban J connectivity index is 1.19. The van der Waals surface area contributed by atoms with Crippen LogP contribution in [0.3, 0.4) is 0 Å². The number of hydrogen-bond acceptors (Lipinski definition) is 4. The van der Waals surface area contributed by atoms with Gasteiger partial charge in [-0.15, -0.1) is 0 Å². The van der Waals surface area contributed by atoms with E-state index in [0.29, 0.717) is 6.04 Å². The number of benzene rings is 3. The average Bonchev–Trinajstić information content (AvgIpc) is 3.31. The van der Waals surface area contributed by atoms with Gasteiger partial charge in [0.1, 0.15) is 0 Å². The lowest BCUT2D eigenvalue weighted by Crippen LogP contribution is -2.26. The first-order chi connectivity index (χ1) is 17.1. The summed E-state index contributed by atoms with van der Waals surface area (Å²) >= 11 is 6.03. The van der Waals surface area contributed by atoms with Gasteiger partial charge < -0.3 is 5.32 Å². The highest BCUT2D eigenvalue weighted by molar-refractivity contribution is 6.30.